The second-order valence-corrected chi connectivity index (χ2v) is 4.40. The van der Waals surface area contributed by atoms with E-state index in [0.29, 0.717) is 6.42 Å². The van der Waals surface area contributed by atoms with E-state index in [4.69, 9.17) is 0 Å². The summed E-state index contributed by atoms with van der Waals surface area (Å²) < 4.78 is 0. The lowest BCUT2D eigenvalue weighted by Gasteiger charge is -2.18. The van der Waals surface area contributed by atoms with Crippen molar-refractivity contribution >= 4 is 11.6 Å². The van der Waals surface area contributed by atoms with Crippen LogP contribution >= 0.6 is 0 Å². The maximum Gasteiger partial charge on any atom is 0.227 e. The lowest BCUT2D eigenvalue weighted by molar-refractivity contribution is -0.118. The number of rotatable bonds is 5. The van der Waals surface area contributed by atoms with Crippen molar-refractivity contribution < 1.29 is 4.79 Å². The monoisotopic (exact) mass is 234 g/mol. The van der Waals surface area contributed by atoms with E-state index in [-0.39, 0.29) is 5.91 Å². The number of amides is 1. The molecule has 0 fully saturated rings. The molecule has 1 aromatic rings. The molecule has 0 unspecified atom stereocenters. The predicted molar refractivity (Wildman–Crippen MR) is 72.5 cm³/mol. The Bertz CT molecular complexity index is 368. The van der Waals surface area contributed by atoms with E-state index in [1.54, 1.807) is 4.90 Å². The minimum absolute atomic E-state index is 0.149. The molecule has 0 aromatic heterocycles. The molecule has 0 saturated carbocycles. The van der Waals surface area contributed by atoms with Crippen LogP contribution in [0.25, 0.3) is 0 Å². The summed E-state index contributed by atoms with van der Waals surface area (Å²) in [6.45, 7) is 7.78. The Morgan fingerprint density at radius 2 is 1.82 bits per heavy atom. The van der Waals surface area contributed by atoms with Crippen molar-refractivity contribution in [2.75, 3.05) is 25.0 Å². The van der Waals surface area contributed by atoms with Crippen LogP contribution in [0.2, 0.25) is 0 Å². The van der Waals surface area contributed by atoms with E-state index in [1.165, 1.54) is 11.1 Å². The summed E-state index contributed by atoms with van der Waals surface area (Å²) in [4.78, 5) is 13.7. The van der Waals surface area contributed by atoms with Crippen LogP contribution in [0.5, 0.6) is 0 Å². The molecule has 0 aliphatic heterocycles. The smallest absolute Gasteiger partial charge is 0.227 e. The van der Waals surface area contributed by atoms with E-state index in [1.807, 2.05) is 40.0 Å². The Labute approximate surface area is 104 Å². The number of nitrogens with zero attached hydrogens (tertiary/aromatic N) is 1. The highest BCUT2D eigenvalue weighted by molar-refractivity contribution is 5.93. The quantitative estimate of drug-likeness (QED) is 0.793. The Hall–Kier alpha value is -1.35. The average Bonchev–Trinajstić information content (AvgIpc) is 2.27. The van der Waals surface area contributed by atoms with E-state index in [0.717, 1.165) is 18.8 Å². The first-order valence-electron chi connectivity index (χ1n) is 6.10. The highest BCUT2D eigenvalue weighted by Gasteiger charge is 2.10. The molecular weight excluding hydrogens is 212 g/mol. The van der Waals surface area contributed by atoms with Gasteiger partial charge in [0.2, 0.25) is 5.91 Å². The van der Waals surface area contributed by atoms with Crippen molar-refractivity contribution in [2.24, 2.45) is 0 Å². The van der Waals surface area contributed by atoms with Crippen LogP contribution in [-0.4, -0.2) is 26.0 Å². The number of hydrogen-bond donors (Lipinski definition) is 1. The second-order valence-electron chi connectivity index (χ2n) is 4.40. The van der Waals surface area contributed by atoms with E-state index in [2.05, 4.69) is 11.4 Å². The second kappa shape index (κ2) is 6.40. The van der Waals surface area contributed by atoms with Gasteiger partial charge in [-0.15, -0.1) is 0 Å². The van der Waals surface area contributed by atoms with E-state index >= 15 is 0 Å². The van der Waals surface area contributed by atoms with Gasteiger partial charge in [0.25, 0.3) is 0 Å². The fourth-order valence-corrected chi connectivity index (χ4v) is 1.83. The molecule has 0 atom stereocenters. The maximum absolute atomic E-state index is 11.9. The molecule has 0 radical (unpaired) electrons. The van der Waals surface area contributed by atoms with Gasteiger partial charge in [-0.1, -0.05) is 13.0 Å². The van der Waals surface area contributed by atoms with E-state index in [9.17, 15) is 4.79 Å². The number of aryl methyl sites for hydroxylation is 2. The number of benzene rings is 1. The zero-order chi connectivity index (χ0) is 12.8. The Morgan fingerprint density at radius 3 is 2.35 bits per heavy atom. The summed E-state index contributed by atoms with van der Waals surface area (Å²) in [5.74, 6) is 0.149. The molecule has 1 amide bonds. The first-order valence-corrected chi connectivity index (χ1v) is 6.10. The topological polar surface area (TPSA) is 32.3 Å². The average molecular weight is 234 g/mol. The lowest BCUT2D eigenvalue weighted by Crippen LogP contribution is -2.29. The fourth-order valence-electron chi connectivity index (χ4n) is 1.83. The first-order chi connectivity index (χ1) is 8.04. The molecule has 94 valence electrons. The Morgan fingerprint density at radius 1 is 1.24 bits per heavy atom. The van der Waals surface area contributed by atoms with Crippen LogP contribution in [0.1, 0.15) is 24.5 Å². The molecular formula is C14H22N2O. The maximum atomic E-state index is 11.9. The zero-order valence-corrected chi connectivity index (χ0v) is 11.2. The summed E-state index contributed by atoms with van der Waals surface area (Å²) in [7, 11) is 1.84. The van der Waals surface area contributed by atoms with Gasteiger partial charge in [0.1, 0.15) is 0 Å². The van der Waals surface area contributed by atoms with E-state index < -0.39 is 0 Å². The fraction of sp³-hybridized carbons (Fsp3) is 0.500. The van der Waals surface area contributed by atoms with Gasteiger partial charge in [-0.25, -0.2) is 0 Å². The third kappa shape index (κ3) is 4.19. The first kappa shape index (κ1) is 13.7. The van der Waals surface area contributed by atoms with Gasteiger partial charge in [0, 0.05) is 25.7 Å². The molecule has 3 heteroatoms. The van der Waals surface area contributed by atoms with Crippen molar-refractivity contribution in [1.82, 2.24) is 5.32 Å². The van der Waals surface area contributed by atoms with Gasteiger partial charge in [0.15, 0.2) is 0 Å². The predicted octanol–water partition coefficient (Wildman–Crippen LogP) is 2.27. The zero-order valence-electron chi connectivity index (χ0n) is 11.2. The summed E-state index contributed by atoms with van der Waals surface area (Å²) in [5, 5.41) is 3.16. The van der Waals surface area contributed by atoms with Gasteiger partial charge in [-0.3, -0.25) is 4.79 Å². The molecule has 0 spiro atoms. The summed E-state index contributed by atoms with van der Waals surface area (Å²) >= 11 is 0. The summed E-state index contributed by atoms with van der Waals surface area (Å²) in [5.41, 5.74) is 3.35. The van der Waals surface area contributed by atoms with Crippen LogP contribution in [0, 0.1) is 13.8 Å². The highest BCUT2D eigenvalue weighted by atomic mass is 16.2. The minimum Gasteiger partial charge on any atom is -0.316 e. The number of carbonyl (C=O) groups excluding carboxylic acids is 1. The molecule has 0 aliphatic rings. The third-order valence-electron chi connectivity index (χ3n) is 2.73. The number of carbonyl (C=O) groups is 1. The van der Waals surface area contributed by atoms with Gasteiger partial charge in [-0.2, -0.15) is 0 Å². The van der Waals surface area contributed by atoms with Gasteiger partial charge < -0.3 is 10.2 Å². The summed E-state index contributed by atoms with van der Waals surface area (Å²) in [6.07, 6.45) is 0.539. The van der Waals surface area contributed by atoms with Gasteiger partial charge >= 0.3 is 0 Å². The van der Waals surface area contributed by atoms with Crippen LogP contribution in [0.15, 0.2) is 18.2 Å². The van der Waals surface area contributed by atoms with Crippen LogP contribution in [-0.2, 0) is 4.79 Å². The largest absolute Gasteiger partial charge is 0.316 e. The molecule has 1 aromatic carbocycles. The molecule has 0 bridgehead atoms. The van der Waals surface area contributed by atoms with Crippen molar-refractivity contribution in [3.05, 3.63) is 29.3 Å². The standard InChI is InChI=1S/C14H22N2O/c1-5-15-7-6-14(17)16(4)13-9-11(2)8-12(3)10-13/h8-10,15H,5-7H2,1-4H3. The molecule has 1 rings (SSSR count). The van der Waals surface area contributed by atoms with Crippen molar-refractivity contribution in [1.29, 1.82) is 0 Å². The third-order valence-corrected chi connectivity index (χ3v) is 2.73. The normalized spacial score (nSPS) is 10.4. The van der Waals surface area contributed by atoms with Crippen molar-refractivity contribution in [3.63, 3.8) is 0 Å². The highest BCUT2D eigenvalue weighted by Crippen LogP contribution is 2.18. The van der Waals surface area contributed by atoms with Crippen LogP contribution < -0.4 is 10.2 Å². The van der Waals surface area contributed by atoms with Crippen LogP contribution in [0.3, 0.4) is 0 Å². The molecule has 3 nitrogen and oxygen atoms in total. The molecule has 0 heterocycles. The Balaban J connectivity index is 2.67. The number of hydrogen-bond acceptors (Lipinski definition) is 2. The van der Waals surface area contributed by atoms with Crippen LogP contribution in [0.4, 0.5) is 5.69 Å². The molecule has 1 N–H and O–H groups in total. The molecule has 17 heavy (non-hydrogen) atoms. The number of nitrogens with one attached hydrogen (secondary N) is 1. The van der Waals surface area contributed by atoms with Gasteiger partial charge in [0.05, 0.1) is 0 Å². The molecule has 0 saturated heterocycles. The van der Waals surface area contributed by atoms with Gasteiger partial charge in [-0.05, 0) is 43.7 Å². The number of anilines is 1. The summed E-state index contributed by atoms with van der Waals surface area (Å²) in [6, 6.07) is 6.19. The minimum atomic E-state index is 0.149. The van der Waals surface area contributed by atoms with Crippen molar-refractivity contribution in [3.8, 4) is 0 Å². The lowest BCUT2D eigenvalue weighted by atomic mass is 10.1. The Kier molecular flexibility index (Phi) is 5.16. The van der Waals surface area contributed by atoms with Crippen molar-refractivity contribution in [2.45, 2.75) is 27.2 Å². The SMILES string of the molecule is CCNCCC(=O)N(C)c1cc(C)cc(C)c1. The molecule has 0 aliphatic carbocycles.